The van der Waals surface area contributed by atoms with Gasteiger partial charge in [-0.05, 0) is 25.5 Å². The van der Waals surface area contributed by atoms with Gasteiger partial charge in [-0.1, -0.05) is 0 Å². The zero-order valence-electron chi connectivity index (χ0n) is 9.88. The largest absolute Gasteiger partial charge is 0.385 e. The topological polar surface area (TPSA) is 30.5 Å². The van der Waals surface area contributed by atoms with Gasteiger partial charge in [0.25, 0.3) is 0 Å². The highest BCUT2D eigenvalue weighted by Crippen LogP contribution is 2.46. The summed E-state index contributed by atoms with van der Waals surface area (Å²) in [6.07, 6.45) is 5.94. The molecule has 1 aliphatic carbocycles. The van der Waals surface area contributed by atoms with E-state index in [1.165, 1.54) is 12.8 Å². The zero-order chi connectivity index (χ0) is 11.0. The Hall–Kier alpha value is 0.230. The van der Waals surface area contributed by atoms with Gasteiger partial charge in [0.2, 0.25) is 0 Å². The number of rotatable bonds is 10. The van der Waals surface area contributed by atoms with Crippen LogP contribution in [0.15, 0.2) is 0 Å². The SMILES string of the molecule is COCCCOCCNCC1(SC)CC1. The Balaban J connectivity index is 1.77. The van der Waals surface area contributed by atoms with Crippen LogP contribution in [0, 0.1) is 0 Å². The molecule has 15 heavy (non-hydrogen) atoms. The summed E-state index contributed by atoms with van der Waals surface area (Å²) in [6, 6.07) is 0. The smallest absolute Gasteiger partial charge is 0.0590 e. The van der Waals surface area contributed by atoms with Crippen LogP contribution < -0.4 is 5.32 Å². The van der Waals surface area contributed by atoms with Crippen molar-refractivity contribution in [2.75, 3.05) is 46.3 Å². The van der Waals surface area contributed by atoms with E-state index < -0.39 is 0 Å². The Kier molecular flexibility index (Phi) is 6.64. The first-order valence-corrected chi connectivity index (χ1v) is 6.88. The number of hydrogen-bond acceptors (Lipinski definition) is 4. The molecular weight excluding hydrogens is 210 g/mol. The molecule has 1 rings (SSSR count). The Morgan fingerprint density at radius 1 is 1.27 bits per heavy atom. The number of hydrogen-bond donors (Lipinski definition) is 1. The summed E-state index contributed by atoms with van der Waals surface area (Å²) in [7, 11) is 1.72. The molecule has 3 nitrogen and oxygen atoms in total. The molecule has 0 amide bonds. The van der Waals surface area contributed by atoms with E-state index >= 15 is 0 Å². The first kappa shape index (κ1) is 13.3. The third-order valence-corrected chi connectivity index (χ3v) is 4.17. The van der Waals surface area contributed by atoms with Gasteiger partial charge >= 0.3 is 0 Å². The van der Waals surface area contributed by atoms with Crippen LogP contribution in [-0.2, 0) is 9.47 Å². The van der Waals surface area contributed by atoms with Crippen molar-refractivity contribution in [2.45, 2.75) is 24.0 Å². The zero-order valence-corrected chi connectivity index (χ0v) is 10.7. The number of thioether (sulfide) groups is 1. The highest BCUT2D eigenvalue weighted by atomic mass is 32.2. The molecule has 1 saturated carbocycles. The molecule has 0 bridgehead atoms. The maximum absolute atomic E-state index is 5.46. The van der Waals surface area contributed by atoms with Gasteiger partial charge in [-0.3, -0.25) is 0 Å². The van der Waals surface area contributed by atoms with Crippen LogP contribution in [0.3, 0.4) is 0 Å². The van der Waals surface area contributed by atoms with Gasteiger partial charge in [0.1, 0.15) is 0 Å². The van der Waals surface area contributed by atoms with Crippen LogP contribution in [-0.4, -0.2) is 51.0 Å². The predicted octanol–water partition coefficient (Wildman–Crippen LogP) is 1.52. The quantitative estimate of drug-likeness (QED) is 0.580. The van der Waals surface area contributed by atoms with Gasteiger partial charge in [0, 0.05) is 38.2 Å². The summed E-state index contributed by atoms with van der Waals surface area (Å²) in [5.74, 6) is 0. The van der Waals surface area contributed by atoms with Crippen LogP contribution in [0.5, 0.6) is 0 Å². The Bertz CT molecular complexity index is 163. The second-order valence-electron chi connectivity index (χ2n) is 4.02. The normalized spacial score (nSPS) is 18.0. The van der Waals surface area contributed by atoms with Crippen LogP contribution in [0.4, 0.5) is 0 Å². The van der Waals surface area contributed by atoms with Crippen molar-refractivity contribution in [1.29, 1.82) is 0 Å². The monoisotopic (exact) mass is 233 g/mol. The third kappa shape index (κ3) is 5.76. The van der Waals surface area contributed by atoms with E-state index in [2.05, 4.69) is 11.6 Å². The maximum Gasteiger partial charge on any atom is 0.0590 e. The van der Waals surface area contributed by atoms with E-state index in [0.29, 0.717) is 4.75 Å². The van der Waals surface area contributed by atoms with Gasteiger partial charge in [-0.2, -0.15) is 11.8 Å². The average Bonchev–Trinajstić information content (AvgIpc) is 3.03. The molecule has 0 unspecified atom stereocenters. The van der Waals surface area contributed by atoms with E-state index in [1.807, 2.05) is 11.8 Å². The van der Waals surface area contributed by atoms with Crippen LogP contribution in [0.25, 0.3) is 0 Å². The van der Waals surface area contributed by atoms with Gasteiger partial charge < -0.3 is 14.8 Å². The van der Waals surface area contributed by atoms with Crippen molar-refractivity contribution in [3.8, 4) is 0 Å². The van der Waals surface area contributed by atoms with Crippen molar-refractivity contribution < 1.29 is 9.47 Å². The third-order valence-electron chi connectivity index (χ3n) is 2.75. The Labute approximate surface area is 97.3 Å². The molecule has 0 atom stereocenters. The molecular formula is C11H23NO2S. The fourth-order valence-corrected chi connectivity index (χ4v) is 2.22. The molecule has 0 aromatic heterocycles. The lowest BCUT2D eigenvalue weighted by Crippen LogP contribution is -2.29. The fourth-order valence-electron chi connectivity index (χ4n) is 1.46. The Morgan fingerprint density at radius 3 is 2.67 bits per heavy atom. The molecule has 0 radical (unpaired) electrons. The molecule has 0 saturated heterocycles. The molecule has 4 heteroatoms. The first-order valence-electron chi connectivity index (χ1n) is 5.65. The molecule has 0 aliphatic heterocycles. The lowest BCUT2D eigenvalue weighted by molar-refractivity contribution is 0.104. The van der Waals surface area contributed by atoms with Gasteiger partial charge in [-0.15, -0.1) is 0 Å². The predicted molar refractivity (Wildman–Crippen MR) is 65.7 cm³/mol. The second-order valence-corrected chi connectivity index (χ2v) is 5.30. The van der Waals surface area contributed by atoms with Crippen molar-refractivity contribution in [1.82, 2.24) is 5.32 Å². The van der Waals surface area contributed by atoms with E-state index in [0.717, 1.165) is 39.3 Å². The second kappa shape index (κ2) is 7.49. The molecule has 1 fully saturated rings. The Morgan fingerprint density at radius 2 is 2.07 bits per heavy atom. The summed E-state index contributed by atoms with van der Waals surface area (Å²) in [5.41, 5.74) is 0. The van der Waals surface area contributed by atoms with Crippen LogP contribution >= 0.6 is 11.8 Å². The van der Waals surface area contributed by atoms with E-state index in [4.69, 9.17) is 9.47 Å². The van der Waals surface area contributed by atoms with E-state index in [9.17, 15) is 0 Å². The summed E-state index contributed by atoms with van der Waals surface area (Å²) in [4.78, 5) is 0. The average molecular weight is 233 g/mol. The number of methoxy groups -OCH3 is 1. The summed E-state index contributed by atoms with van der Waals surface area (Å²) in [6.45, 7) is 4.52. The molecule has 0 spiro atoms. The molecule has 0 aromatic rings. The summed E-state index contributed by atoms with van der Waals surface area (Å²) < 4.78 is 11.0. The lowest BCUT2D eigenvalue weighted by atomic mass is 10.4. The standard InChI is InChI=1S/C11H23NO2S/c1-13-7-3-8-14-9-6-12-10-11(15-2)4-5-11/h12H,3-10H2,1-2H3. The van der Waals surface area contributed by atoms with Gasteiger partial charge in [-0.25, -0.2) is 0 Å². The summed E-state index contributed by atoms with van der Waals surface area (Å²) in [5, 5.41) is 3.45. The highest BCUT2D eigenvalue weighted by Gasteiger charge is 2.41. The molecule has 1 aliphatic rings. The van der Waals surface area contributed by atoms with E-state index in [1.54, 1.807) is 7.11 Å². The molecule has 90 valence electrons. The van der Waals surface area contributed by atoms with Crippen molar-refractivity contribution in [3.63, 3.8) is 0 Å². The minimum atomic E-state index is 0.566. The lowest BCUT2D eigenvalue weighted by Gasteiger charge is -2.12. The fraction of sp³-hybridized carbons (Fsp3) is 1.00. The highest BCUT2D eigenvalue weighted by molar-refractivity contribution is 8.00. The number of ether oxygens (including phenoxy) is 2. The van der Waals surface area contributed by atoms with Gasteiger partial charge in [0.05, 0.1) is 6.61 Å². The van der Waals surface area contributed by atoms with Gasteiger partial charge in [0.15, 0.2) is 0 Å². The van der Waals surface area contributed by atoms with Crippen molar-refractivity contribution in [3.05, 3.63) is 0 Å². The van der Waals surface area contributed by atoms with Crippen molar-refractivity contribution in [2.24, 2.45) is 0 Å². The van der Waals surface area contributed by atoms with Crippen LogP contribution in [0.2, 0.25) is 0 Å². The minimum absolute atomic E-state index is 0.566. The van der Waals surface area contributed by atoms with Crippen molar-refractivity contribution >= 4 is 11.8 Å². The minimum Gasteiger partial charge on any atom is -0.385 e. The number of nitrogens with one attached hydrogen (secondary N) is 1. The van der Waals surface area contributed by atoms with Crippen LogP contribution in [0.1, 0.15) is 19.3 Å². The molecule has 0 aromatic carbocycles. The maximum atomic E-state index is 5.46. The summed E-state index contributed by atoms with van der Waals surface area (Å²) >= 11 is 1.99. The molecule has 0 heterocycles. The van der Waals surface area contributed by atoms with E-state index in [-0.39, 0.29) is 0 Å². The molecule has 1 N–H and O–H groups in total. The first-order chi connectivity index (χ1) is 7.33.